The molecule has 2 aliphatic rings. The van der Waals surface area contributed by atoms with Crippen LogP contribution in [-0.4, -0.2) is 56.7 Å². The fourth-order valence-electron chi connectivity index (χ4n) is 3.36. The number of carbonyl (C=O) groups excluding carboxylic acids is 1. The van der Waals surface area contributed by atoms with Gasteiger partial charge >= 0.3 is 0 Å². The Bertz CT molecular complexity index is 471. The van der Waals surface area contributed by atoms with E-state index in [1.165, 1.54) is 0 Å². The van der Waals surface area contributed by atoms with Crippen molar-refractivity contribution in [3.8, 4) is 0 Å². The van der Waals surface area contributed by atoms with E-state index in [9.17, 15) is 4.79 Å². The van der Waals surface area contributed by atoms with Crippen LogP contribution in [0.3, 0.4) is 0 Å². The number of carbonyl (C=O) groups is 1. The third kappa shape index (κ3) is 2.14. The fraction of sp³-hybridized carbons (Fsp3) is 0.769. The third-order valence-corrected chi connectivity index (χ3v) is 4.39. The predicted molar refractivity (Wildman–Crippen MR) is 70.3 cm³/mol. The van der Waals surface area contributed by atoms with Crippen LogP contribution in [0.5, 0.6) is 0 Å². The zero-order chi connectivity index (χ0) is 13.4. The van der Waals surface area contributed by atoms with Gasteiger partial charge in [0, 0.05) is 26.2 Å². The first-order valence-corrected chi connectivity index (χ1v) is 7.06. The second-order valence-corrected chi connectivity index (χ2v) is 5.50. The summed E-state index contributed by atoms with van der Waals surface area (Å²) in [7, 11) is 1.91. The second-order valence-electron chi connectivity index (χ2n) is 5.50. The minimum absolute atomic E-state index is 0.191. The Hall–Kier alpha value is -1.43. The molecular formula is C13H21N5O. The topological polar surface area (TPSA) is 54.3 Å². The lowest BCUT2D eigenvalue weighted by Crippen LogP contribution is -2.45. The van der Waals surface area contributed by atoms with Crippen molar-refractivity contribution < 1.29 is 4.79 Å². The minimum Gasteiger partial charge on any atom is -0.344 e. The Labute approximate surface area is 113 Å². The monoisotopic (exact) mass is 263 g/mol. The van der Waals surface area contributed by atoms with E-state index in [2.05, 4.69) is 21.9 Å². The van der Waals surface area contributed by atoms with Gasteiger partial charge in [0.2, 0.25) is 5.91 Å². The number of fused-ring (bicyclic) bond motifs is 1. The van der Waals surface area contributed by atoms with Crippen molar-refractivity contribution in [1.29, 1.82) is 0 Å². The number of hydrogen-bond acceptors (Lipinski definition) is 4. The average molecular weight is 263 g/mol. The molecule has 0 unspecified atom stereocenters. The maximum atomic E-state index is 12.1. The average Bonchev–Trinajstić information content (AvgIpc) is 2.97. The Morgan fingerprint density at radius 3 is 3.11 bits per heavy atom. The molecule has 6 nitrogen and oxygen atoms in total. The molecule has 104 valence electrons. The molecule has 0 saturated carbocycles. The van der Waals surface area contributed by atoms with Crippen LogP contribution in [0, 0.1) is 5.92 Å². The highest BCUT2D eigenvalue weighted by Crippen LogP contribution is 2.31. The van der Waals surface area contributed by atoms with Crippen LogP contribution in [0.4, 0.5) is 0 Å². The summed E-state index contributed by atoms with van der Waals surface area (Å²) < 4.78 is 1.93. The molecule has 6 heteroatoms. The molecular weight excluding hydrogens is 242 g/mol. The lowest BCUT2D eigenvalue weighted by atomic mass is 9.91. The van der Waals surface area contributed by atoms with Crippen molar-refractivity contribution in [1.82, 2.24) is 24.6 Å². The zero-order valence-electron chi connectivity index (χ0n) is 11.6. The van der Waals surface area contributed by atoms with Gasteiger partial charge in [0.25, 0.3) is 0 Å². The quantitative estimate of drug-likeness (QED) is 0.789. The molecule has 19 heavy (non-hydrogen) atoms. The molecule has 0 aliphatic carbocycles. The van der Waals surface area contributed by atoms with Crippen LogP contribution in [0.25, 0.3) is 0 Å². The molecule has 0 aromatic carbocycles. The number of aryl methyl sites for hydroxylation is 1. The number of likely N-dealkylation sites (N-methyl/N-ethyl adjacent to an activating group) is 1. The SMILES string of the molecule is CCn1ncnc1CN1CCC[C@H]2C(=O)N(C)C[C@H]21. The van der Waals surface area contributed by atoms with Crippen LogP contribution in [-0.2, 0) is 17.9 Å². The predicted octanol–water partition coefficient (Wildman–Crippen LogP) is 0.351. The number of amides is 1. The second kappa shape index (κ2) is 4.92. The largest absolute Gasteiger partial charge is 0.344 e. The normalized spacial score (nSPS) is 27.9. The molecule has 1 aromatic rings. The Morgan fingerprint density at radius 1 is 1.47 bits per heavy atom. The van der Waals surface area contributed by atoms with E-state index in [1.54, 1.807) is 6.33 Å². The standard InChI is InChI=1S/C13H21N5O/c1-3-18-12(14-9-15-18)8-17-6-4-5-10-11(17)7-16(2)13(10)19/h9-11H,3-8H2,1-2H3/t10-,11-/m1/s1. The number of hydrogen-bond donors (Lipinski definition) is 0. The molecule has 2 saturated heterocycles. The summed E-state index contributed by atoms with van der Waals surface area (Å²) in [6, 6.07) is 0.355. The molecule has 3 heterocycles. The summed E-state index contributed by atoms with van der Waals surface area (Å²) in [6.45, 7) is 5.62. The van der Waals surface area contributed by atoms with Crippen molar-refractivity contribution in [2.75, 3.05) is 20.1 Å². The van der Waals surface area contributed by atoms with Crippen LogP contribution < -0.4 is 0 Å². The van der Waals surface area contributed by atoms with E-state index in [4.69, 9.17) is 0 Å². The fourth-order valence-corrected chi connectivity index (χ4v) is 3.36. The van der Waals surface area contributed by atoms with E-state index in [0.717, 1.165) is 44.8 Å². The van der Waals surface area contributed by atoms with Gasteiger partial charge in [0.05, 0.1) is 12.5 Å². The molecule has 0 radical (unpaired) electrons. The molecule has 1 amide bonds. The molecule has 2 aliphatic heterocycles. The van der Waals surface area contributed by atoms with Gasteiger partial charge in [0.15, 0.2) is 0 Å². The molecule has 0 bridgehead atoms. The summed E-state index contributed by atoms with van der Waals surface area (Å²) in [5.74, 6) is 1.51. The number of rotatable bonds is 3. The van der Waals surface area contributed by atoms with Crippen LogP contribution in [0.1, 0.15) is 25.6 Å². The number of likely N-dealkylation sites (tertiary alicyclic amines) is 2. The van der Waals surface area contributed by atoms with E-state index in [-0.39, 0.29) is 5.92 Å². The van der Waals surface area contributed by atoms with Gasteiger partial charge in [-0.15, -0.1) is 0 Å². The van der Waals surface area contributed by atoms with Crippen LogP contribution in [0.2, 0.25) is 0 Å². The summed E-state index contributed by atoms with van der Waals surface area (Å²) in [6.07, 6.45) is 3.75. The summed E-state index contributed by atoms with van der Waals surface area (Å²) in [5.41, 5.74) is 0. The maximum Gasteiger partial charge on any atom is 0.227 e. The van der Waals surface area contributed by atoms with Crippen molar-refractivity contribution in [2.24, 2.45) is 5.92 Å². The highest BCUT2D eigenvalue weighted by Gasteiger charge is 2.43. The van der Waals surface area contributed by atoms with Crippen molar-refractivity contribution in [3.63, 3.8) is 0 Å². The third-order valence-electron chi connectivity index (χ3n) is 4.39. The first-order chi connectivity index (χ1) is 9.20. The van der Waals surface area contributed by atoms with Crippen LogP contribution >= 0.6 is 0 Å². The summed E-state index contributed by atoms with van der Waals surface area (Å²) in [5, 5.41) is 4.22. The van der Waals surface area contributed by atoms with Gasteiger partial charge in [0.1, 0.15) is 12.2 Å². The highest BCUT2D eigenvalue weighted by atomic mass is 16.2. The van der Waals surface area contributed by atoms with E-state index in [0.29, 0.717) is 11.9 Å². The smallest absolute Gasteiger partial charge is 0.227 e. The first kappa shape index (κ1) is 12.6. The number of aromatic nitrogens is 3. The molecule has 3 rings (SSSR count). The van der Waals surface area contributed by atoms with Crippen molar-refractivity contribution in [3.05, 3.63) is 12.2 Å². The summed E-state index contributed by atoms with van der Waals surface area (Å²) >= 11 is 0. The Balaban J connectivity index is 1.76. The van der Waals surface area contributed by atoms with Gasteiger partial charge in [-0.25, -0.2) is 9.67 Å². The molecule has 0 N–H and O–H groups in total. The molecule has 0 spiro atoms. The minimum atomic E-state index is 0.191. The van der Waals surface area contributed by atoms with Gasteiger partial charge in [-0.05, 0) is 26.3 Å². The first-order valence-electron chi connectivity index (χ1n) is 7.06. The van der Waals surface area contributed by atoms with E-state index in [1.807, 2.05) is 16.6 Å². The van der Waals surface area contributed by atoms with Gasteiger partial charge in [-0.3, -0.25) is 9.69 Å². The van der Waals surface area contributed by atoms with Gasteiger partial charge in [-0.1, -0.05) is 0 Å². The van der Waals surface area contributed by atoms with Crippen LogP contribution in [0.15, 0.2) is 6.33 Å². The van der Waals surface area contributed by atoms with Crippen molar-refractivity contribution >= 4 is 5.91 Å². The summed E-state index contributed by atoms with van der Waals surface area (Å²) in [4.78, 5) is 20.7. The van der Waals surface area contributed by atoms with E-state index < -0.39 is 0 Å². The molecule has 2 fully saturated rings. The Kier molecular flexibility index (Phi) is 3.26. The molecule has 2 atom stereocenters. The highest BCUT2D eigenvalue weighted by molar-refractivity contribution is 5.81. The lowest BCUT2D eigenvalue weighted by Gasteiger charge is -2.35. The van der Waals surface area contributed by atoms with E-state index >= 15 is 0 Å². The number of piperidine rings is 1. The zero-order valence-corrected chi connectivity index (χ0v) is 11.6. The van der Waals surface area contributed by atoms with Gasteiger partial charge in [-0.2, -0.15) is 5.10 Å². The maximum absolute atomic E-state index is 12.1. The Morgan fingerprint density at radius 2 is 2.32 bits per heavy atom. The van der Waals surface area contributed by atoms with Crippen molar-refractivity contribution in [2.45, 2.75) is 38.9 Å². The molecule has 1 aromatic heterocycles. The number of nitrogens with zero attached hydrogens (tertiary/aromatic N) is 5. The van der Waals surface area contributed by atoms with Gasteiger partial charge < -0.3 is 4.90 Å². The lowest BCUT2D eigenvalue weighted by molar-refractivity contribution is -0.130.